The number of hydrogen-bond donors (Lipinski definition) is 1. The molecule has 1 aliphatic heterocycles. The number of rotatable bonds is 7. The van der Waals surface area contributed by atoms with Gasteiger partial charge in [-0.05, 0) is 79.4 Å². The SMILES string of the molecule is C=CCOc1cccc(C2C(=C(O)c3ccc(OC)c(C)c3)C(=O)C(=O)N2c2nc3c(C)cc(C)cc3s2)c1. The molecule has 0 radical (unpaired) electrons. The summed E-state index contributed by atoms with van der Waals surface area (Å²) in [5.74, 6) is -0.602. The van der Waals surface area contributed by atoms with Crippen molar-refractivity contribution in [2.45, 2.75) is 26.8 Å². The molecule has 5 rings (SSSR count). The summed E-state index contributed by atoms with van der Waals surface area (Å²) in [7, 11) is 1.57. The number of methoxy groups -OCH3 is 1. The van der Waals surface area contributed by atoms with E-state index in [0.29, 0.717) is 34.4 Å². The van der Waals surface area contributed by atoms with Gasteiger partial charge in [-0.2, -0.15) is 0 Å². The first-order valence-electron chi connectivity index (χ1n) is 12.4. The minimum Gasteiger partial charge on any atom is -0.507 e. The van der Waals surface area contributed by atoms with Crippen LogP contribution in [0.4, 0.5) is 5.13 Å². The number of thiazole rings is 1. The monoisotopic (exact) mass is 540 g/mol. The number of aryl methyl sites for hydroxylation is 3. The predicted molar refractivity (Wildman–Crippen MR) is 154 cm³/mol. The third-order valence-electron chi connectivity index (χ3n) is 6.68. The Morgan fingerprint density at radius 3 is 2.62 bits per heavy atom. The average molecular weight is 541 g/mol. The highest BCUT2D eigenvalue weighted by Crippen LogP contribution is 2.45. The van der Waals surface area contributed by atoms with Crippen molar-refractivity contribution in [3.63, 3.8) is 0 Å². The highest BCUT2D eigenvalue weighted by Gasteiger charge is 2.48. The van der Waals surface area contributed by atoms with Crippen LogP contribution in [-0.4, -0.2) is 35.5 Å². The zero-order valence-corrected chi connectivity index (χ0v) is 23.0. The molecule has 0 bridgehead atoms. The Balaban J connectivity index is 1.73. The van der Waals surface area contributed by atoms with E-state index in [1.807, 2.05) is 32.9 Å². The fourth-order valence-corrected chi connectivity index (χ4v) is 6.09. The van der Waals surface area contributed by atoms with E-state index in [1.165, 1.54) is 16.2 Å². The van der Waals surface area contributed by atoms with Gasteiger partial charge in [0.2, 0.25) is 0 Å². The topological polar surface area (TPSA) is 89.0 Å². The maximum absolute atomic E-state index is 13.6. The van der Waals surface area contributed by atoms with Crippen LogP contribution in [0.2, 0.25) is 0 Å². The Labute approximate surface area is 230 Å². The number of nitrogens with zero attached hydrogens (tertiary/aromatic N) is 2. The lowest BCUT2D eigenvalue weighted by Gasteiger charge is -2.23. The number of ketones is 1. The number of aliphatic hydroxyl groups is 1. The zero-order chi connectivity index (χ0) is 27.8. The number of fused-ring (bicyclic) bond motifs is 1. The van der Waals surface area contributed by atoms with Gasteiger partial charge in [-0.3, -0.25) is 14.5 Å². The second kappa shape index (κ2) is 10.4. The molecule has 1 amide bonds. The number of benzene rings is 3. The Bertz CT molecular complexity index is 1670. The van der Waals surface area contributed by atoms with E-state index in [9.17, 15) is 14.7 Å². The van der Waals surface area contributed by atoms with Crippen molar-refractivity contribution >= 4 is 44.1 Å². The maximum Gasteiger partial charge on any atom is 0.301 e. The predicted octanol–water partition coefficient (Wildman–Crippen LogP) is 6.42. The van der Waals surface area contributed by atoms with Gasteiger partial charge in [-0.25, -0.2) is 4.98 Å². The first-order valence-corrected chi connectivity index (χ1v) is 13.2. The van der Waals surface area contributed by atoms with E-state index in [2.05, 4.69) is 6.58 Å². The van der Waals surface area contributed by atoms with Crippen LogP contribution in [0.15, 0.2) is 72.8 Å². The highest BCUT2D eigenvalue weighted by molar-refractivity contribution is 7.22. The molecule has 1 atom stereocenters. The van der Waals surface area contributed by atoms with Crippen molar-refractivity contribution in [1.82, 2.24) is 4.98 Å². The van der Waals surface area contributed by atoms with Crippen LogP contribution in [0.3, 0.4) is 0 Å². The molecule has 4 aromatic rings. The normalized spacial score (nSPS) is 16.6. The van der Waals surface area contributed by atoms with Crippen molar-refractivity contribution in [1.29, 1.82) is 0 Å². The van der Waals surface area contributed by atoms with Crippen LogP contribution in [0.25, 0.3) is 16.0 Å². The molecular weight excluding hydrogens is 512 g/mol. The minimum absolute atomic E-state index is 0.0161. The molecule has 0 aliphatic carbocycles. The summed E-state index contributed by atoms with van der Waals surface area (Å²) in [5.41, 5.74) is 4.61. The molecule has 1 fully saturated rings. The first-order chi connectivity index (χ1) is 18.7. The molecule has 0 saturated carbocycles. The molecule has 1 aromatic heterocycles. The Morgan fingerprint density at radius 1 is 1.10 bits per heavy atom. The Morgan fingerprint density at radius 2 is 1.90 bits per heavy atom. The number of hydrogen-bond acceptors (Lipinski definition) is 7. The summed E-state index contributed by atoms with van der Waals surface area (Å²) in [6.07, 6.45) is 1.64. The number of carbonyl (C=O) groups excluding carboxylic acids is 2. The quantitative estimate of drug-likeness (QED) is 0.126. The van der Waals surface area contributed by atoms with Gasteiger partial charge in [0, 0.05) is 5.56 Å². The van der Waals surface area contributed by atoms with E-state index in [1.54, 1.807) is 55.7 Å². The summed E-state index contributed by atoms with van der Waals surface area (Å²) in [6, 6.07) is 15.4. The Kier molecular flexibility index (Phi) is 6.97. The maximum atomic E-state index is 13.6. The molecule has 1 aliphatic rings. The number of ether oxygens (including phenoxy) is 2. The van der Waals surface area contributed by atoms with Gasteiger partial charge in [-0.1, -0.05) is 42.2 Å². The van der Waals surface area contributed by atoms with Crippen molar-refractivity contribution in [3.05, 3.63) is 101 Å². The molecule has 1 N–H and O–H groups in total. The van der Waals surface area contributed by atoms with Gasteiger partial charge in [0.1, 0.15) is 23.9 Å². The molecule has 1 unspecified atom stereocenters. The van der Waals surface area contributed by atoms with E-state index >= 15 is 0 Å². The third-order valence-corrected chi connectivity index (χ3v) is 7.68. The number of aliphatic hydroxyl groups excluding tert-OH is 1. The fraction of sp³-hybridized carbons (Fsp3) is 0.194. The summed E-state index contributed by atoms with van der Waals surface area (Å²) in [6.45, 7) is 9.80. The number of anilines is 1. The first kappa shape index (κ1) is 26.2. The van der Waals surface area contributed by atoms with Gasteiger partial charge in [0.15, 0.2) is 5.13 Å². The number of amides is 1. The van der Waals surface area contributed by atoms with Crippen molar-refractivity contribution in [2.75, 3.05) is 18.6 Å². The smallest absolute Gasteiger partial charge is 0.301 e. The number of Topliss-reactive ketones (excluding diaryl/α,β-unsaturated/α-hetero) is 1. The number of aromatic nitrogens is 1. The third kappa shape index (κ3) is 4.68. The van der Waals surface area contributed by atoms with Crippen LogP contribution in [0, 0.1) is 20.8 Å². The second-order valence-electron chi connectivity index (χ2n) is 9.45. The lowest BCUT2D eigenvalue weighted by Crippen LogP contribution is -2.29. The molecular formula is C31H28N2O5S. The molecule has 0 spiro atoms. The van der Waals surface area contributed by atoms with Crippen molar-refractivity contribution in [2.24, 2.45) is 0 Å². The van der Waals surface area contributed by atoms with E-state index in [4.69, 9.17) is 14.5 Å². The van der Waals surface area contributed by atoms with E-state index < -0.39 is 17.7 Å². The molecule has 198 valence electrons. The largest absolute Gasteiger partial charge is 0.507 e. The van der Waals surface area contributed by atoms with E-state index in [0.717, 1.165) is 26.9 Å². The van der Waals surface area contributed by atoms with Crippen molar-refractivity contribution in [3.8, 4) is 11.5 Å². The van der Waals surface area contributed by atoms with Crippen LogP contribution < -0.4 is 14.4 Å². The zero-order valence-electron chi connectivity index (χ0n) is 22.1. The standard InChI is InChI=1S/C31H28N2O5S/c1-6-12-38-22-9-7-8-20(16-22)27-25(28(34)21-10-11-23(37-5)18(3)15-21)29(35)30(36)33(27)31-32-26-19(4)13-17(2)14-24(26)39-31/h6-11,13-16,27,34H,1,12H2,2-5H3. The summed E-state index contributed by atoms with van der Waals surface area (Å²) < 4.78 is 12.0. The van der Waals surface area contributed by atoms with Gasteiger partial charge in [0.25, 0.3) is 5.78 Å². The van der Waals surface area contributed by atoms with Crippen LogP contribution in [-0.2, 0) is 9.59 Å². The molecule has 39 heavy (non-hydrogen) atoms. The van der Waals surface area contributed by atoms with Crippen LogP contribution in [0.1, 0.15) is 33.9 Å². The van der Waals surface area contributed by atoms with Crippen LogP contribution >= 0.6 is 11.3 Å². The van der Waals surface area contributed by atoms with Crippen LogP contribution in [0.5, 0.6) is 11.5 Å². The Hall–Kier alpha value is -4.43. The van der Waals surface area contributed by atoms with Gasteiger partial charge >= 0.3 is 5.91 Å². The lowest BCUT2D eigenvalue weighted by atomic mass is 9.94. The van der Waals surface area contributed by atoms with Gasteiger partial charge in [-0.15, -0.1) is 0 Å². The molecule has 3 aromatic carbocycles. The van der Waals surface area contributed by atoms with Crippen molar-refractivity contribution < 1.29 is 24.2 Å². The van der Waals surface area contributed by atoms with Gasteiger partial charge in [0.05, 0.1) is 28.9 Å². The second-order valence-corrected chi connectivity index (χ2v) is 10.5. The molecule has 8 heteroatoms. The fourth-order valence-electron chi connectivity index (χ4n) is 4.92. The minimum atomic E-state index is -0.915. The lowest BCUT2D eigenvalue weighted by molar-refractivity contribution is -0.132. The summed E-state index contributed by atoms with van der Waals surface area (Å²) in [4.78, 5) is 33.4. The number of carbonyl (C=O) groups is 2. The molecule has 2 heterocycles. The molecule has 7 nitrogen and oxygen atoms in total. The molecule has 1 saturated heterocycles. The van der Waals surface area contributed by atoms with E-state index in [-0.39, 0.29) is 11.3 Å². The highest BCUT2D eigenvalue weighted by atomic mass is 32.1. The van der Waals surface area contributed by atoms with Gasteiger partial charge < -0.3 is 14.6 Å². The summed E-state index contributed by atoms with van der Waals surface area (Å²) in [5, 5.41) is 11.9. The summed E-state index contributed by atoms with van der Waals surface area (Å²) >= 11 is 1.34. The average Bonchev–Trinajstić information content (AvgIpc) is 3.45.